The van der Waals surface area contributed by atoms with Gasteiger partial charge in [0.15, 0.2) is 0 Å². The van der Waals surface area contributed by atoms with Crippen LogP contribution in [0.1, 0.15) is 30.9 Å². The topological polar surface area (TPSA) is 15.3 Å². The van der Waals surface area contributed by atoms with Crippen LogP contribution in [0.2, 0.25) is 15.1 Å². The zero-order chi connectivity index (χ0) is 14.1. The number of nitrogens with zero attached hydrogens (tertiary/aromatic N) is 1. The number of rotatable bonds is 4. The van der Waals surface area contributed by atoms with Gasteiger partial charge in [-0.25, -0.2) is 0 Å². The van der Waals surface area contributed by atoms with E-state index in [2.05, 4.69) is 10.2 Å². The fraction of sp³-hybridized carbons (Fsp3) is 0.600. The van der Waals surface area contributed by atoms with Crippen molar-refractivity contribution in [1.82, 2.24) is 10.2 Å². The number of benzene rings is 1. The molecule has 1 saturated carbocycles. The van der Waals surface area contributed by atoms with E-state index in [1.165, 1.54) is 12.8 Å². The number of hydrogen-bond donors (Lipinski definition) is 1. The summed E-state index contributed by atoms with van der Waals surface area (Å²) in [6, 6.07) is 3.94. The first-order valence-corrected chi connectivity index (χ1v) is 8.38. The Balaban J connectivity index is 1.93. The lowest BCUT2D eigenvalue weighted by molar-refractivity contribution is 0.160. The maximum absolute atomic E-state index is 6.46. The lowest BCUT2D eigenvalue weighted by Gasteiger charge is -2.36. The van der Waals surface area contributed by atoms with Gasteiger partial charge in [0.25, 0.3) is 0 Å². The van der Waals surface area contributed by atoms with Crippen LogP contribution in [0.25, 0.3) is 0 Å². The molecule has 0 amide bonds. The van der Waals surface area contributed by atoms with E-state index in [9.17, 15) is 0 Å². The van der Waals surface area contributed by atoms with E-state index in [0.29, 0.717) is 16.1 Å². The molecule has 1 aromatic carbocycles. The first-order chi connectivity index (χ1) is 9.66. The van der Waals surface area contributed by atoms with Gasteiger partial charge in [-0.2, -0.15) is 0 Å². The second kappa shape index (κ2) is 6.41. The zero-order valence-corrected chi connectivity index (χ0v) is 13.6. The fourth-order valence-corrected chi connectivity index (χ4v) is 3.75. The average molecular weight is 334 g/mol. The van der Waals surface area contributed by atoms with Crippen molar-refractivity contribution in [3.63, 3.8) is 0 Å². The van der Waals surface area contributed by atoms with Crippen LogP contribution in [0.4, 0.5) is 0 Å². The second-order valence-corrected chi connectivity index (χ2v) is 6.93. The van der Waals surface area contributed by atoms with Crippen molar-refractivity contribution in [2.24, 2.45) is 5.92 Å². The molecule has 0 unspecified atom stereocenters. The number of piperazine rings is 1. The van der Waals surface area contributed by atoms with Crippen LogP contribution in [0.15, 0.2) is 12.1 Å². The molecule has 0 spiro atoms. The molecule has 2 aliphatic rings. The molecule has 1 heterocycles. The van der Waals surface area contributed by atoms with E-state index >= 15 is 0 Å². The highest BCUT2D eigenvalue weighted by Gasteiger charge is 2.33. The molecule has 1 aliphatic heterocycles. The minimum atomic E-state index is 0.295. The Hall–Kier alpha value is 0.01000. The van der Waals surface area contributed by atoms with Crippen LogP contribution in [-0.4, -0.2) is 31.1 Å². The standard InChI is InChI=1S/C15H19Cl3N2/c16-11-3-4-12(17)15(18)14(11)13(9-10-1-2-10)20-7-5-19-6-8-20/h3-4,10,13,19H,1-2,5-9H2/t13-/m1/s1. The van der Waals surface area contributed by atoms with Crippen molar-refractivity contribution in [3.8, 4) is 0 Å². The van der Waals surface area contributed by atoms with Crippen LogP contribution in [0.3, 0.4) is 0 Å². The summed E-state index contributed by atoms with van der Waals surface area (Å²) < 4.78 is 0. The lowest BCUT2D eigenvalue weighted by atomic mass is 9.98. The highest BCUT2D eigenvalue weighted by Crippen LogP contribution is 2.45. The Morgan fingerprint density at radius 2 is 1.75 bits per heavy atom. The Morgan fingerprint density at radius 1 is 1.10 bits per heavy atom. The van der Waals surface area contributed by atoms with Crippen molar-refractivity contribution in [2.45, 2.75) is 25.3 Å². The lowest BCUT2D eigenvalue weighted by Crippen LogP contribution is -2.45. The van der Waals surface area contributed by atoms with Crippen LogP contribution in [-0.2, 0) is 0 Å². The van der Waals surface area contributed by atoms with Gasteiger partial charge in [-0.15, -0.1) is 0 Å². The van der Waals surface area contributed by atoms with Crippen LogP contribution in [0.5, 0.6) is 0 Å². The Labute approximate surface area is 135 Å². The van der Waals surface area contributed by atoms with Gasteiger partial charge in [-0.05, 0) is 24.5 Å². The molecule has 0 radical (unpaired) electrons. The van der Waals surface area contributed by atoms with E-state index < -0.39 is 0 Å². The molecule has 5 heteroatoms. The third kappa shape index (κ3) is 3.26. The van der Waals surface area contributed by atoms with Gasteiger partial charge in [-0.3, -0.25) is 4.90 Å². The first kappa shape index (κ1) is 14.9. The molecule has 2 nitrogen and oxygen atoms in total. The Kier molecular flexibility index (Phi) is 4.79. The molecule has 0 aromatic heterocycles. The molecule has 2 fully saturated rings. The Morgan fingerprint density at radius 3 is 2.40 bits per heavy atom. The SMILES string of the molecule is Clc1ccc(Cl)c([C@@H](CC2CC2)N2CCNCC2)c1Cl. The van der Waals surface area contributed by atoms with E-state index in [4.69, 9.17) is 34.8 Å². The second-order valence-electron chi connectivity index (χ2n) is 5.74. The minimum Gasteiger partial charge on any atom is -0.314 e. The molecule has 1 aromatic rings. The Bertz CT molecular complexity index is 482. The van der Waals surface area contributed by atoms with Crippen LogP contribution < -0.4 is 5.32 Å². The molecule has 0 bridgehead atoms. The molecule has 1 atom stereocenters. The molecule has 3 rings (SSSR count). The van der Waals surface area contributed by atoms with Gasteiger partial charge in [0.1, 0.15) is 0 Å². The molecule has 110 valence electrons. The highest BCUT2D eigenvalue weighted by molar-refractivity contribution is 6.44. The van der Waals surface area contributed by atoms with Gasteiger partial charge in [-0.1, -0.05) is 47.6 Å². The van der Waals surface area contributed by atoms with E-state index in [1.807, 2.05) is 6.07 Å². The van der Waals surface area contributed by atoms with Gasteiger partial charge in [0.2, 0.25) is 0 Å². The minimum absolute atomic E-state index is 0.295. The van der Waals surface area contributed by atoms with Crippen molar-refractivity contribution in [3.05, 3.63) is 32.8 Å². The maximum atomic E-state index is 6.46. The van der Waals surface area contributed by atoms with Crippen molar-refractivity contribution < 1.29 is 0 Å². The maximum Gasteiger partial charge on any atom is 0.0655 e. The summed E-state index contributed by atoms with van der Waals surface area (Å²) in [4.78, 5) is 2.50. The highest BCUT2D eigenvalue weighted by atomic mass is 35.5. The number of halogens is 3. The summed E-state index contributed by atoms with van der Waals surface area (Å²) in [7, 11) is 0. The fourth-order valence-electron chi connectivity index (χ4n) is 2.96. The predicted octanol–water partition coefficient (Wildman–Crippen LogP) is 4.39. The van der Waals surface area contributed by atoms with Crippen molar-refractivity contribution >= 4 is 34.8 Å². The molecule has 1 saturated heterocycles. The largest absolute Gasteiger partial charge is 0.314 e. The zero-order valence-electron chi connectivity index (χ0n) is 11.3. The smallest absolute Gasteiger partial charge is 0.0655 e. The van der Waals surface area contributed by atoms with E-state index in [1.54, 1.807) is 6.07 Å². The van der Waals surface area contributed by atoms with Crippen LogP contribution in [0, 0.1) is 5.92 Å². The average Bonchev–Trinajstić information content (AvgIpc) is 3.27. The molecular formula is C15H19Cl3N2. The van der Waals surface area contributed by atoms with Crippen LogP contribution >= 0.6 is 34.8 Å². The summed E-state index contributed by atoms with van der Waals surface area (Å²) in [6.45, 7) is 4.13. The normalized spacial score (nSPS) is 21.9. The number of hydrogen-bond acceptors (Lipinski definition) is 2. The third-order valence-corrected chi connectivity index (χ3v) is 5.41. The summed E-state index contributed by atoms with van der Waals surface area (Å²) >= 11 is 19.1. The summed E-state index contributed by atoms with van der Waals surface area (Å²) in [6.07, 6.45) is 3.80. The van der Waals surface area contributed by atoms with Gasteiger partial charge in [0, 0.05) is 42.8 Å². The summed E-state index contributed by atoms with van der Waals surface area (Å²) in [5, 5.41) is 5.36. The number of nitrogens with one attached hydrogen (secondary N) is 1. The van der Waals surface area contributed by atoms with Gasteiger partial charge in [0.05, 0.1) is 10.0 Å². The monoisotopic (exact) mass is 332 g/mol. The van der Waals surface area contributed by atoms with E-state index in [0.717, 1.165) is 49.1 Å². The summed E-state index contributed by atoms with van der Waals surface area (Å²) in [5.41, 5.74) is 1.02. The molecule has 20 heavy (non-hydrogen) atoms. The third-order valence-electron chi connectivity index (χ3n) is 4.26. The van der Waals surface area contributed by atoms with Gasteiger partial charge < -0.3 is 5.32 Å². The molecular weight excluding hydrogens is 315 g/mol. The predicted molar refractivity (Wildman–Crippen MR) is 86.0 cm³/mol. The first-order valence-electron chi connectivity index (χ1n) is 7.25. The van der Waals surface area contributed by atoms with E-state index in [-0.39, 0.29) is 0 Å². The van der Waals surface area contributed by atoms with Crippen molar-refractivity contribution in [2.75, 3.05) is 26.2 Å². The quantitative estimate of drug-likeness (QED) is 0.822. The van der Waals surface area contributed by atoms with Gasteiger partial charge >= 0.3 is 0 Å². The molecule has 1 N–H and O–H groups in total. The summed E-state index contributed by atoms with van der Waals surface area (Å²) in [5.74, 6) is 0.820. The molecule has 1 aliphatic carbocycles. The van der Waals surface area contributed by atoms with Crippen molar-refractivity contribution in [1.29, 1.82) is 0 Å².